The van der Waals surface area contributed by atoms with Crippen LogP contribution in [-0.4, -0.2) is 70.0 Å². The summed E-state index contributed by atoms with van der Waals surface area (Å²) >= 11 is 0. The number of hydrogen-bond acceptors (Lipinski definition) is 5. The van der Waals surface area contributed by atoms with Gasteiger partial charge in [0.15, 0.2) is 0 Å². The Kier molecular flexibility index (Phi) is 8.05. The number of amides is 3. The molecule has 0 radical (unpaired) electrons. The number of para-hydroxylation sites is 1. The number of rotatable bonds is 7. The molecular formula is C29H34ClFN6O3. The highest BCUT2D eigenvalue weighted by molar-refractivity contribution is 6.13. The summed E-state index contributed by atoms with van der Waals surface area (Å²) in [5.74, 6) is -1.31. The van der Waals surface area contributed by atoms with Crippen molar-refractivity contribution in [3.63, 3.8) is 0 Å². The maximum atomic E-state index is 14.1. The molecule has 11 heteroatoms. The van der Waals surface area contributed by atoms with Gasteiger partial charge in [0.2, 0.25) is 11.8 Å². The predicted octanol–water partition coefficient (Wildman–Crippen LogP) is 2.78. The Labute approximate surface area is 238 Å². The van der Waals surface area contributed by atoms with E-state index in [1.54, 1.807) is 37.9 Å². The fourth-order valence-corrected chi connectivity index (χ4v) is 5.51. The molecule has 1 aromatic heterocycles. The van der Waals surface area contributed by atoms with Gasteiger partial charge < -0.3 is 20.9 Å². The molecule has 5 rings (SSSR count). The van der Waals surface area contributed by atoms with Crippen molar-refractivity contribution < 1.29 is 18.8 Å². The van der Waals surface area contributed by atoms with Crippen molar-refractivity contribution in [2.45, 2.75) is 44.7 Å². The summed E-state index contributed by atoms with van der Waals surface area (Å²) in [4.78, 5) is 45.4. The van der Waals surface area contributed by atoms with Crippen LogP contribution in [0.2, 0.25) is 0 Å². The highest BCUT2D eigenvalue weighted by Gasteiger charge is 2.54. The number of fused-ring (bicyclic) bond motifs is 2. The third-order valence-electron chi connectivity index (χ3n) is 7.62. The van der Waals surface area contributed by atoms with E-state index in [0.717, 1.165) is 22.0 Å². The largest absolute Gasteiger partial charge is 0.361 e. The van der Waals surface area contributed by atoms with E-state index >= 15 is 0 Å². The summed E-state index contributed by atoms with van der Waals surface area (Å²) in [5.41, 5.74) is 7.12. The number of likely N-dealkylation sites (tertiary alicyclic amines) is 1. The predicted molar refractivity (Wildman–Crippen MR) is 153 cm³/mol. The van der Waals surface area contributed by atoms with Gasteiger partial charge in [-0.2, -0.15) is 5.10 Å². The summed E-state index contributed by atoms with van der Waals surface area (Å²) in [5, 5.41) is 9.65. The fraction of sp³-hybridized carbons (Fsp3) is 0.379. The van der Waals surface area contributed by atoms with Crippen LogP contribution in [0, 0.1) is 11.2 Å². The van der Waals surface area contributed by atoms with Crippen LogP contribution in [0.15, 0.2) is 59.8 Å². The topological polar surface area (TPSA) is 124 Å². The minimum absolute atomic E-state index is 0. The first-order valence-electron chi connectivity index (χ1n) is 13.0. The molecule has 3 amide bonds. The molecule has 3 aromatic rings. The number of hydrogen-bond donors (Lipinski definition) is 3. The lowest BCUT2D eigenvalue weighted by Crippen LogP contribution is -2.61. The lowest BCUT2D eigenvalue weighted by Gasteiger charge is -2.41. The molecule has 0 spiro atoms. The van der Waals surface area contributed by atoms with E-state index in [4.69, 9.17) is 5.73 Å². The number of aromatic amines is 1. The van der Waals surface area contributed by atoms with Crippen LogP contribution in [-0.2, 0) is 27.2 Å². The molecule has 9 nitrogen and oxygen atoms in total. The van der Waals surface area contributed by atoms with Crippen LogP contribution in [0.5, 0.6) is 0 Å². The fourth-order valence-electron chi connectivity index (χ4n) is 5.51. The normalized spacial score (nSPS) is 19.6. The van der Waals surface area contributed by atoms with Crippen molar-refractivity contribution >= 4 is 46.7 Å². The molecule has 2 aliphatic heterocycles. The molecule has 2 aromatic carbocycles. The van der Waals surface area contributed by atoms with Crippen molar-refractivity contribution in [3.8, 4) is 0 Å². The van der Waals surface area contributed by atoms with Gasteiger partial charge in [-0.15, -0.1) is 12.4 Å². The van der Waals surface area contributed by atoms with Crippen LogP contribution in [0.1, 0.15) is 31.4 Å². The molecule has 0 aliphatic carbocycles. The minimum Gasteiger partial charge on any atom is -0.361 e. The summed E-state index contributed by atoms with van der Waals surface area (Å²) in [6.45, 7) is 3.64. The first-order valence-corrected chi connectivity index (χ1v) is 13.0. The van der Waals surface area contributed by atoms with E-state index < -0.39 is 22.9 Å². The number of hydrazone groups is 1. The van der Waals surface area contributed by atoms with E-state index in [-0.39, 0.29) is 49.4 Å². The third kappa shape index (κ3) is 5.46. The Bertz CT molecular complexity index is 1460. The molecular weight excluding hydrogens is 535 g/mol. The molecule has 0 bridgehead atoms. The highest BCUT2D eigenvalue weighted by atomic mass is 35.5. The van der Waals surface area contributed by atoms with Gasteiger partial charge in [0.05, 0.1) is 11.3 Å². The molecule has 2 atom stereocenters. The van der Waals surface area contributed by atoms with Gasteiger partial charge in [-0.1, -0.05) is 30.3 Å². The Morgan fingerprint density at radius 3 is 2.60 bits per heavy atom. The standard InChI is InChI=1S/C29H33FN6O3.ClH/c1-28(2,31)26(38)33-23(14-19-16-32-22-7-5-4-6-21(19)22)25(37)36-13-12-24-29(17-36,27(39)35(3)34-24)15-18-8-10-20(30)11-9-18;/h4-11,16,23,32H,12-15,17,31H2,1-3H3,(H,33,38);1H. The van der Waals surface area contributed by atoms with Gasteiger partial charge in [0, 0.05) is 50.1 Å². The van der Waals surface area contributed by atoms with Crippen LogP contribution in [0.3, 0.4) is 0 Å². The number of H-pyrrole nitrogens is 1. The highest BCUT2D eigenvalue weighted by Crippen LogP contribution is 2.38. The van der Waals surface area contributed by atoms with E-state index in [1.807, 2.05) is 30.5 Å². The second-order valence-corrected chi connectivity index (χ2v) is 11.1. The molecule has 40 heavy (non-hydrogen) atoms. The van der Waals surface area contributed by atoms with Crippen molar-refractivity contribution in [1.29, 1.82) is 0 Å². The van der Waals surface area contributed by atoms with Gasteiger partial charge in [-0.25, -0.2) is 9.40 Å². The molecule has 212 valence electrons. The minimum atomic E-state index is -1.19. The summed E-state index contributed by atoms with van der Waals surface area (Å²) in [6.07, 6.45) is 2.80. The molecule has 3 heterocycles. The molecule has 0 saturated carbocycles. The number of nitrogens with one attached hydrogen (secondary N) is 2. The van der Waals surface area contributed by atoms with E-state index in [0.29, 0.717) is 18.7 Å². The maximum absolute atomic E-state index is 14.1. The number of nitrogens with zero attached hydrogens (tertiary/aromatic N) is 3. The number of carbonyl (C=O) groups is 3. The number of benzene rings is 2. The zero-order valence-corrected chi connectivity index (χ0v) is 23.6. The SMILES string of the molecule is CN1N=C2CCN(C(=O)C(Cc3c[nH]c4ccccc34)NC(=O)C(C)(C)N)CC2(Cc2ccc(F)cc2)C1=O.Cl. The molecule has 1 fully saturated rings. The Balaban J connectivity index is 0.00000370. The van der Waals surface area contributed by atoms with Crippen molar-refractivity contribution in [2.24, 2.45) is 16.3 Å². The maximum Gasteiger partial charge on any atom is 0.256 e. The van der Waals surface area contributed by atoms with E-state index in [1.165, 1.54) is 17.1 Å². The lowest BCUT2D eigenvalue weighted by atomic mass is 9.73. The average molecular weight is 569 g/mol. The van der Waals surface area contributed by atoms with Gasteiger partial charge in [-0.05, 0) is 49.6 Å². The third-order valence-corrected chi connectivity index (χ3v) is 7.62. The van der Waals surface area contributed by atoms with Gasteiger partial charge >= 0.3 is 0 Å². The first kappa shape index (κ1) is 29.2. The molecule has 1 saturated heterocycles. The Morgan fingerprint density at radius 1 is 1.20 bits per heavy atom. The summed E-state index contributed by atoms with van der Waals surface area (Å²) in [6, 6.07) is 12.9. The average Bonchev–Trinajstić information content (AvgIpc) is 3.42. The van der Waals surface area contributed by atoms with Crippen LogP contribution in [0.4, 0.5) is 4.39 Å². The van der Waals surface area contributed by atoms with Crippen LogP contribution >= 0.6 is 12.4 Å². The molecule has 2 unspecified atom stereocenters. The number of carbonyl (C=O) groups excluding carboxylic acids is 3. The van der Waals surface area contributed by atoms with Gasteiger partial charge in [0.25, 0.3) is 5.91 Å². The van der Waals surface area contributed by atoms with Crippen LogP contribution < -0.4 is 11.1 Å². The summed E-state index contributed by atoms with van der Waals surface area (Å²) < 4.78 is 13.6. The first-order chi connectivity index (χ1) is 18.5. The second kappa shape index (κ2) is 11.0. The quantitative estimate of drug-likeness (QED) is 0.405. The molecule has 4 N–H and O–H groups in total. The Hall–Kier alpha value is -3.76. The van der Waals surface area contributed by atoms with E-state index in [9.17, 15) is 18.8 Å². The number of piperidine rings is 1. The smallest absolute Gasteiger partial charge is 0.256 e. The summed E-state index contributed by atoms with van der Waals surface area (Å²) in [7, 11) is 1.61. The lowest BCUT2D eigenvalue weighted by molar-refractivity contribution is -0.142. The van der Waals surface area contributed by atoms with Gasteiger partial charge in [0.1, 0.15) is 17.3 Å². The monoisotopic (exact) mass is 568 g/mol. The number of nitrogens with two attached hydrogens (primary N) is 1. The van der Waals surface area contributed by atoms with Crippen molar-refractivity contribution in [1.82, 2.24) is 20.2 Å². The second-order valence-electron chi connectivity index (χ2n) is 11.1. The number of halogens is 2. The van der Waals surface area contributed by atoms with E-state index in [2.05, 4.69) is 15.4 Å². The van der Waals surface area contributed by atoms with Crippen molar-refractivity contribution in [3.05, 3.63) is 71.7 Å². The molecule has 2 aliphatic rings. The zero-order chi connectivity index (χ0) is 27.9. The van der Waals surface area contributed by atoms with Crippen molar-refractivity contribution in [2.75, 3.05) is 20.1 Å². The number of aromatic nitrogens is 1. The van der Waals surface area contributed by atoms with Crippen LogP contribution in [0.25, 0.3) is 10.9 Å². The van der Waals surface area contributed by atoms with Gasteiger partial charge in [-0.3, -0.25) is 14.4 Å². The Morgan fingerprint density at radius 2 is 1.90 bits per heavy atom. The zero-order valence-electron chi connectivity index (χ0n) is 22.7.